The standard InChI is InChI=1S/C28H30N4O/c1-3-5-6-7-11-18-28(33,17-4-2)25-15-12-16-26-24(25)19-23(22-13-9-8-10-14-22)27(31-26)32-21-29-20-30-32/h3,5-16,18-20,33H,4,17,21H2,1-2H3,(H,29,30)/b5-3-,7-6-,18-11+. The predicted octanol–water partition coefficient (Wildman–Crippen LogP) is 5.89. The third-order valence-electron chi connectivity index (χ3n) is 5.70. The smallest absolute Gasteiger partial charge is 0.157 e. The molecule has 1 atom stereocenters. The highest BCUT2D eigenvalue weighted by molar-refractivity contribution is 5.92. The van der Waals surface area contributed by atoms with Gasteiger partial charge in [0.1, 0.15) is 18.6 Å². The first-order valence-corrected chi connectivity index (χ1v) is 11.4. The summed E-state index contributed by atoms with van der Waals surface area (Å²) in [6.45, 7) is 4.57. The lowest BCUT2D eigenvalue weighted by atomic mass is 9.85. The summed E-state index contributed by atoms with van der Waals surface area (Å²) >= 11 is 0. The molecule has 0 radical (unpaired) electrons. The first kappa shape index (κ1) is 22.5. The summed E-state index contributed by atoms with van der Waals surface area (Å²) in [4.78, 5) is 9.30. The number of fused-ring (bicyclic) bond motifs is 1. The van der Waals surface area contributed by atoms with Gasteiger partial charge in [0.2, 0.25) is 0 Å². The highest BCUT2D eigenvalue weighted by Crippen LogP contribution is 2.38. The number of hydrogen-bond donors (Lipinski definition) is 2. The van der Waals surface area contributed by atoms with Gasteiger partial charge >= 0.3 is 0 Å². The molecule has 1 aliphatic heterocycles. The van der Waals surface area contributed by atoms with Gasteiger partial charge in [-0.1, -0.05) is 86.2 Å². The van der Waals surface area contributed by atoms with Gasteiger partial charge in [-0.15, -0.1) is 0 Å². The molecule has 0 amide bonds. The SMILES string of the molecule is C\C=C/C=C\C=C\C(O)(CCC)c1cccc2nc(N3CN=CN3)c(-c3ccccc3)cc12. The van der Waals surface area contributed by atoms with Gasteiger partial charge < -0.3 is 5.11 Å². The molecule has 0 fully saturated rings. The van der Waals surface area contributed by atoms with Crippen LogP contribution in [-0.4, -0.2) is 23.1 Å². The number of aliphatic imine (C=N–C) groups is 1. The Morgan fingerprint density at radius 1 is 1.06 bits per heavy atom. The van der Waals surface area contributed by atoms with Crippen molar-refractivity contribution in [3.8, 4) is 11.1 Å². The second-order valence-electron chi connectivity index (χ2n) is 8.05. The number of anilines is 1. The Balaban J connectivity index is 1.89. The molecule has 0 saturated heterocycles. The Morgan fingerprint density at radius 3 is 2.61 bits per heavy atom. The summed E-state index contributed by atoms with van der Waals surface area (Å²) in [5.74, 6) is 0.812. The monoisotopic (exact) mass is 438 g/mol. The van der Waals surface area contributed by atoms with Crippen molar-refractivity contribution in [1.82, 2.24) is 10.4 Å². The molecule has 0 saturated carbocycles. The van der Waals surface area contributed by atoms with Crippen molar-refractivity contribution in [3.63, 3.8) is 0 Å². The van der Waals surface area contributed by atoms with Crippen LogP contribution in [0.1, 0.15) is 32.3 Å². The topological polar surface area (TPSA) is 60.8 Å². The number of nitrogens with one attached hydrogen (secondary N) is 1. The van der Waals surface area contributed by atoms with Crippen LogP contribution < -0.4 is 10.4 Å². The number of nitrogens with zero attached hydrogens (tertiary/aromatic N) is 3. The van der Waals surface area contributed by atoms with E-state index in [4.69, 9.17) is 4.98 Å². The van der Waals surface area contributed by atoms with Gasteiger partial charge in [0.05, 0.1) is 5.52 Å². The molecule has 2 N–H and O–H groups in total. The predicted molar refractivity (Wildman–Crippen MR) is 138 cm³/mol. The van der Waals surface area contributed by atoms with Crippen molar-refractivity contribution >= 4 is 23.1 Å². The second-order valence-corrected chi connectivity index (χ2v) is 8.05. The van der Waals surface area contributed by atoms with E-state index in [1.54, 1.807) is 6.34 Å². The fourth-order valence-corrected chi connectivity index (χ4v) is 4.14. The van der Waals surface area contributed by atoms with Crippen molar-refractivity contribution in [2.24, 2.45) is 4.99 Å². The first-order chi connectivity index (χ1) is 16.2. The van der Waals surface area contributed by atoms with Crippen molar-refractivity contribution < 1.29 is 5.11 Å². The van der Waals surface area contributed by atoms with Crippen molar-refractivity contribution in [3.05, 3.63) is 96.6 Å². The third-order valence-corrected chi connectivity index (χ3v) is 5.70. The molecule has 1 aromatic heterocycles. The molecule has 5 heteroatoms. The molecule has 168 valence electrons. The van der Waals surface area contributed by atoms with Crippen LogP contribution >= 0.6 is 0 Å². The maximum absolute atomic E-state index is 11.8. The summed E-state index contributed by atoms with van der Waals surface area (Å²) < 4.78 is 0. The minimum atomic E-state index is -1.10. The first-order valence-electron chi connectivity index (χ1n) is 11.4. The number of hydrogen-bond acceptors (Lipinski definition) is 5. The second kappa shape index (κ2) is 10.3. The molecular formula is C28H30N4O. The highest BCUT2D eigenvalue weighted by Gasteiger charge is 2.28. The summed E-state index contributed by atoms with van der Waals surface area (Å²) in [5.41, 5.74) is 5.82. The molecule has 1 unspecified atom stereocenters. The molecule has 5 nitrogen and oxygen atoms in total. The molecule has 2 heterocycles. The lowest BCUT2D eigenvalue weighted by Crippen LogP contribution is -2.32. The number of aromatic nitrogens is 1. The van der Waals surface area contributed by atoms with E-state index < -0.39 is 5.60 Å². The average molecular weight is 439 g/mol. The third kappa shape index (κ3) is 4.89. The Labute approximate surface area is 195 Å². The maximum atomic E-state index is 11.8. The van der Waals surface area contributed by atoms with E-state index in [1.165, 1.54) is 0 Å². The molecule has 2 aromatic carbocycles. The van der Waals surface area contributed by atoms with Crippen LogP contribution in [0.15, 0.2) is 96.0 Å². The van der Waals surface area contributed by atoms with Gasteiger partial charge in [-0.25, -0.2) is 9.99 Å². The minimum Gasteiger partial charge on any atom is -0.381 e. The number of benzene rings is 2. The Morgan fingerprint density at radius 2 is 1.88 bits per heavy atom. The van der Waals surface area contributed by atoms with Gasteiger partial charge in [-0.05, 0) is 42.7 Å². The van der Waals surface area contributed by atoms with Crippen LogP contribution in [0, 0.1) is 0 Å². The van der Waals surface area contributed by atoms with Gasteiger partial charge in [0.25, 0.3) is 0 Å². The Bertz CT molecular complexity index is 1210. The maximum Gasteiger partial charge on any atom is 0.157 e. The van der Waals surface area contributed by atoms with E-state index in [0.717, 1.165) is 39.8 Å². The van der Waals surface area contributed by atoms with E-state index in [1.807, 2.05) is 84.8 Å². The van der Waals surface area contributed by atoms with Gasteiger partial charge in [-0.3, -0.25) is 10.4 Å². The molecule has 4 rings (SSSR count). The van der Waals surface area contributed by atoms with Gasteiger partial charge in [0.15, 0.2) is 5.82 Å². The zero-order valence-electron chi connectivity index (χ0n) is 19.1. The van der Waals surface area contributed by atoms with E-state index in [2.05, 4.69) is 35.5 Å². The molecule has 3 aromatic rings. The zero-order valence-corrected chi connectivity index (χ0v) is 19.1. The van der Waals surface area contributed by atoms with E-state index in [9.17, 15) is 5.11 Å². The fourth-order valence-electron chi connectivity index (χ4n) is 4.14. The largest absolute Gasteiger partial charge is 0.381 e. The van der Waals surface area contributed by atoms with Crippen LogP contribution in [0.3, 0.4) is 0 Å². The van der Waals surface area contributed by atoms with Crippen LogP contribution in [0.2, 0.25) is 0 Å². The number of rotatable bonds is 8. The lowest BCUT2D eigenvalue weighted by molar-refractivity contribution is 0.0803. The van der Waals surface area contributed by atoms with Crippen LogP contribution in [0.25, 0.3) is 22.0 Å². The molecule has 33 heavy (non-hydrogen) atoms. The molecular weight excluding hydrogens is 408 g/mol. The number of hydrazine groups is 1. The summed E-state index contributed by atoms with van der Waals surface area (Å²) in [6.07, 6.45) is 14.8. The van der Waals surface area contributed by atoms with E-state index >= 15 is 0 Å². The van der Waals surface area contributed by atoms with E-state index in [0.29, 0.717) is 13.1 Å². The van der Waals surface area contributed by atoms with Crippen molar-refractivity contribution in [2.75, 3.05) is 11.7 Å². The van der Waals surface area contributed by atoms with Gasteiger partial charge in [0, 0.05) is 10.9 Å². The summed E-state index contributed by atoms with van der Waals surface area (Å²) in [5, 5.41) is 14.6. The average Bonchev–Trinajstić information content (AvgIpc) is 3.38. The number of aliphatic hydroxyl groups is 1. The normalized spacial score (nSPS) is 15.8. The Kier molecular flexibility index (Phi) is 7.01. The fraction of sp³-hybridized carbons (Fsp3) is 0.214. The molecule has 0 bridgehead atoms. The number of allylic oxidation sites excluding steroid dienone is 5. The summed E-state index contributed by atoms with van der Waals surface area (Å²) in [6, 6.07) is 18.3. The minimum absolute atomic E-state index is 0.499. The molecule has 0 spiro atoms. The zero-order chi connectivity index (χ0) is 23.1. The molecule has 0 aliphatic carbocycles. The summed E-state index contributed by atoms with van der Waals surface area (Å²) in [7, 11) is 0. The molecule has 1 aliphatic rings. The quantitative estimate of drug-likeness (QED) is 0.431. The van der Waals surface area contributed by atoms with Crippen LogP contribution in [0.5, 0.6) is 0 Å². The Hall–Kier alpha value is -3.70. The van der Waals surface area contributed by atoms with E-state index in [-0.39, 0.29) is 0 Å². The van der Waals surface area contributed by atoms with Gasteiger partial charge in [-0.2, -0.15) is 0 Å². The van der Waals surface area contributed by atoms with Crippen molar-refractivity contribution in [1.29, 1.82) is 0 Å². The number of pyridine rings is 1. The van der Waals surface area contributed by atoms with Crippen molar-refractivity contribution in [2.45, 2.75) is 32.3 Å². The van der Waals surface area contributed by atoms with Crippen LogP contribution in [0.4, 0.5) is 5.82 Å². The highest BCUT2D eigenvalue weighted by atomic mass is 16.3. The van der Waals surface area contributed by atoms with Crippen LogP contribution in [-0.2, 0) is 5.60 Å². The lowest BCUT2D eigenvalue weighted by Gasteiger charge is -2.27.